The van der Waals surface area contributed by atoms with Crippen molar-refractivity contribution in [2.24, 2.45) is 0 Å². The zero-order chi connectivity index (χ0) is 14.0. The predicted molar refractivity (Wildman–Crippen MR) is 74.7 cm³/mol. The van der Waals surface area contributed by atoms with Crippen LogP contribution in [0, 0.1) is 6.92 Å². The molecule has 0 atom stereocenters. The van der Waals surface area contributed by atoms with Crippen molar-refractivity contribution < 1.29 is 9.90 Å². The van der Waals surface area contributed by atoms with Crippen molar-refractivity contribution >= 4 is 17.6 Å². The molecule has 19 heavy (non-hydrogen) atoms. The highest BCUT2D eigenvalue weighted by Crippen LogP contribution is 2.31. The van der Waals surface area contributed by atoms with Crippen molar-refractivity contribution in [2.75, 3.05) is 0 Å². The van der Waals surface area contributed by atoms with Crippen molar-refractivity contribution in [3.63, 3.8) is 0 Å². The first-order chi connectivity index (χ1) is 9.04. The molecule has 0 radical (unpaired) electrons. The van der Waals surface area contributed by atoms with Gasteiger partial charge in [0.25, 0.3) is 0 Å². The Balaban J connectivity index is 2.45. The molecule has 0 aliphatic heterocycles. The van der Waals surface area contributed by atoms with E-state index in [2.05, 4.69) is 12.0 Å². The number of halogens is 1. The molecular formula is C14H15ClN2O2. The fourth-order valence-electron chi connectivity index (χ4n) is 2.01. The summed E-state index contributed by atoms with van der Waals surface area (Å²) in [6.45, 7) is 4.94. The molecule has 0 aliphatic rings. The van der Waals surface area contributed by atoms with Gasteiger partial charge >= 0.3 is 5.97 Å². The Hall–Kier alpha value is -1.81. The maximum atomic E-state index is 10.9. The fraction of sp³-hybridized carbons (Fsp3) is 0.286. The van der Waals surface area contributed by atoms with Crippen molar-refractivity contribution in [1.29, 1.82) is 0 Å². The van der Waals surface area contributed by atoms with Gasteiger partial charge in [-0.1, -0.05) is 24.6 Å². The summed E-state index contributed by atoms with van der Waals surface area (Å²) in [6.07, 6.45) is 2.78. The van der Waals surface area contributed by atoms with Crippen molar-refractivity contribution in [1.82, 2.24) is 9.78 Å². The summed E-state index contributed by atoms with van der Waals surface area (Å²) >= 11 is 6.17. The molecule has 0 unspecified atom stereocenters. The molecule has 2 rings (SSSR count). The smallest absolute Gasteiger partial charge is 0.335 e. The molecule has 100 valence electrons. The van der Waals surface area contributed by atoms with Crippen LogP contribution in [0.2, 0.25) is 5.02 Å². The Morgan fingerprint density at radius 3 is 2.74 bits per heavy atom. The Labute approximate surface area is 116 Å². The quantitative estimate of drug-likeness (QED) is 0.929. The van der Waals surface area contributed by atoms with Gasteiger partial charge in [0.15, 0.2) is 0 Å². The third-order valence-electron chi connectivity index (χ3n) is 3.04. The molecule has 5 heteroatoms. The van der Waals surface area contributed by atoms with E-state index in [1.54, 1.807) is 18.3 Å². The first-order valence-electron chi connectivity index (χ1n) is 6.10. The van der Waals surface area contributed by atoms with E-state index in [4.69, 9.17) is 16.7 Å². The van der Waals surface area contributed by atoms with Gasteiger partial charge in [-0.25, -0.2) is 4.79 Å². The molecule has 0 saturated carbocycles. The molecule has 0 bridgehead atoms. The summed E-state index contributed by atoms with van der Waals surface area (Å²) in [6, 6.07) is 4.75. The van der Waals surface area contributed by atoms with E-state index in [0.29, 0.717) is 5.02 Å². The van der Waals surface area contributed by atoms with Gasteiger partial charge in [0.1, 0.15) is 0 Å². The van der Waals surface area contributed by atoms with Crippen LogP contribution in [0.4, 0.5) is 0 Å². The number of carboxylic acid groups (broad SMARTS) is 1. The van der Waals surface area contributed by atoms with Crippen LogP contribution in [0.3, 0.4) is 0 Å². The fourth-order valence-corrected chi connectivity index (χ4v) is 2.30. The lowest BCUT2D eigenvalue weighted by molar-refractivity contribution is 0.0697. The largest absolute Gasteiger partial charge is 0.478 e. The van der Waals surface area contributed by atoms with Gasteiger partial charge in [-0.05, 0) is 25.5 Å². The SMILES string of the molecule is CCCn1ncc(-c2ccc(C(=O)O)cc2Cl)c1C. The van der Waals surface area contributed by atoms with Gasteiger partial charge in [0, 0.05) is 28.4 Å². The van der Waals surface area contributed by atoms with E-state index < -0.39 is 5.97 Å². The maximum absolute atomic E-state index is 10.9. The van der Waals surface area contributed by atoms with Crippen LogP contribution in [0.5, 0.6) is 0 Å². The molecule has 0 amide bonds. The molecular weight excluding hydrogens is 264 g/mol. The number of aromatic nitrogens is 2. The number of hydrogen-bond donors (Lipinski definition) is 1. The first-order valence-corrected chi connectivity index (χ1v) is 6.48. The molecule has 0 saturated heterocycles. The molecule has 0 spiro atoms. The lowest BCUT2D eigenvalue weighted by atomic mass is 10.0. The Kier molecular flexibility index (Phi) is 3.90. The van der Waals surface area contributed by atoms with Crippen LogP contribution >= 0.6 is 11.6 Å². The Morgan fingerprint density at radius 1 is 1.42 bits per heavy atom. The predicted octanol–water partition coefficient (Wildman–Crippen LogP) is 3.62. The standard InChI is InChI=1S/C14H15ClN2O2/c1-3-6-17-9(2)12(8-16-17)11-5-4-10(14(18)19)7-13(11)15/h4-5,7-8H,3,6H2,1-2H3,(H,18,19). The highest BCUT2D eigenvalue weighted by atomic mass is 35.5. The van der Waals surface area contributed by atoms with Gasteiger partial charge in [-0.15, -0.1) is 0 Å². The van der Waals surface area contributed by atoms with E-state index in [0.717, 1.165) is 29.8 Å². The number of rotatable bonds is 4. The minimum atomic E-state index is -0.980. The molecule has 1 aromatic carbocycles. The van der Waals surface area contributed by atoms with Crippen molar-refractivity contribution in [3.05, 3.63) is 40.7 Å². The lowest BCUT2D eigenvalue weighted by Gasteiger charge is -2.06. The number of aryl methyl sites for hydroxylation is 1. The Morgan fingerprint density at radius 2 is 2.16 bits per heavy atom. The molecule has 2 aromatic rings. The second-order valence-corrected chi connectivity index (χ2v) is 4.77. The number of carbonyl (C=O) groups is 1. The van der Waals surface area contributed by atoms with Crippen molar-refractivity contribution in [2.45, 2.75) is 26.8 Å². The molecule has 0 fully saturated rings. The van der Waals surface area contributed by atoms with E-state index in [1.165, 1.54) is 6.07 Å². The Bertz CT molecular complexity index is 620. The van der Waals surface area contributed by atoms with Crippen molar-refractivity contribution in [3.8, 4) is 11.1 Å². The van der Waals surface area contributed by atoms with Crippen LogP contribution < -0.4 is 0 Å². The normalized spacial score (nSPS) is 10.7. The van der Waals surface area contributed by atoms with E-state index in [1.807, 2.05) is 11.6 Å². The second-order valence-electron chi connectivity index (χ2n) is 4.37. The third kappa shape index (κ3) is 2.63. The minimum absolute atomic E-state index is 0.187. The third-order valence-corrected chi connectivity index (χ3v) is 3.36. The molecule has 4 nitrogen and oxygen atoms in total. The minimum Gasteiger partial charge on any atom is -0.478 e. The van der Waals surface area contributed by atoms with Crippen LogP contribution in [0.25, 0.3) is 11.1 Å². The van der Waals surface area contributed by atoms with E-state index >= 15 is 0 Å². The van der Waals surface area contributed by atoms with Gasteiger partial charge < -0.3 is 5.11 Å². The summed E-state index contributed by atoms with van der Waals surface area (Å²) in [5, 5.41) is 13.7. The highest BCUT2D eigenvalue weighted by molar-refractivity contribution is 6.33. The maximum Gasteiger partial charge on any atom is 0.335 e. The summed E-state index contributed by atoms with van der Waals surface area (Å²) in [7, 11) is 0. The summed E-state index contributed by atoms with van der Waals surface area (Å²) in [5.41, 5.74) is 2.97. The number of benzene rings is 1. The monoisotopic (exact) mass is 278 g/mol. The summed E-state index contributed by atoms with van der Waals surface area (Å²) in [4.78, 5) is 10.9. The topological polar surface area (TPSA) is 55.1 Å². The van der Waals surface area contributed by atoms with Gasteiger partial charge in [0.2, 0.25) is 0 Å². The summed E-state index contributed by atoms with van der Waals surface area (Å²) < 4.78 is 1.93. The first kappa shape index (κ1) is 13.6. The number of carboxylic acids is 1. The molecule has 1 N–H and O–H groups in total. The van der Waals surface area contributed by atoms with Crippen LogP contribution in [0.15, 0.2) is 24.4 Å². The van der Waals surface area contributed by atoms with Crippen LogP contribution in [-0.4, -0.2) is 20.9 Å². The van der Waals surface area contributed by atoms with Crippen LogP contribution in [0.1, 0.15) is 29.4 Å². The lowest BCUT2D eigenvalue weighted by Crippen LogP contribution is -2.01. The second kappa shape index (κ2) is 5.45. The zero-order valence-corrected chi connectivity index (χ0v) is 11.6. The van der Waals surface area contributed by atoms with Gasteiger partial charge in [-0.3, -0.25) is 4.68 Å². The average molecular weight is 279 g/mol. The summed E-state index contributed by atoms with van der Waals surface area (Å²) in [5.74, 6) is -0.980. The molecule has 0 aliphatic carbocycles. The number of hydrogen-bond acceptors (Lipinski definition) is 2. The van der Waals surface area contributed by atoms with E-state index in [-0.39, 0.29) is 5.56 Å². The van der Waals surface area contributed by atoms with Crippen LogP contribution in [-0.2, 0) is 6.54 Å². The number of nitrogens with zero attached hydrogens (tertiary/aromatic N) is 2. The molecule has 1 aromatic heterocycles. The average Bonchev–Trinajstić information content (AvgIpc) is 2.72. The molecule has 1 heterocycles. The highest BCUT2D eigenvalue weighted by Gasteiger charge is 2.13. The zero-order valence-electron chi connectivity index (χ0n) is 10.9. The van der Waals surface area contributed by atoms with Gasteiger partial charge in [-0.2, -0.15) is 5.10 Å². The van der Waals surface area contributed by atoms with Gasteiger partial charge in [0.05, 0.1) is 11.8 Å². The van der Waals surface area contributed by atoms with E-state index in [9.17, 15) is 4.79 Å². The number of aromatic carboxylic acids is 1.